The van der Waals surface area contributed by atoms with Crippen molar-refractivity contribution in [2.75, 3.05) is 12.3 Å². The Kier molecular flexibility index (Phi) is 7.25. The van der Waals surface area contributed by atoms with Crippen molar-refractivity contribution in [2.24, 2.45) is 0 Å². The molecule has 0 unspecified atom stereocenters. The predicted molar refractivity (Wildman–Crippen MR) is 129 cm³/mol. The van der Waals surface area contributed by atoms with Crippen LogP contribution >= 0.6 is 11.8 Å². The van der Waals surface area contributed by atoms with Crippen molar-refractivity contribution in [1.29, 1.82) is 0 Å². The molecular weight excluding hydrogens is 418 g/mol. The monoisotopic (exact) mass is 449 g/mol. The molecule has 1 N–H and O–H groups in total. The first-order chi connectivity index (χ1) is 15.5. The van der Waals surface area contributed by atoms with Crippen molar-refractivity contribution in [2.45, 2.75) is 64.5 Å². The average molecular weight is 450 g/mol. The lowest BCUT2D eigenvalue weighted by Gasteiger charge is -2.12. The second-order valence-corrected chi connectivity index (χ2v) is 9.47. The number of nitrogens with one attached hydrogen (secondary N) is 1. The van der Waals surface area contributed by atoms with Crippen LogP contribution in [-0.2, 0) is 11.2 Å². The van der Waals surface area contributed by atoms with Crippen LogP contribution in [0.25, 0.3) is 5.78 Å². The molecule has 7 heteroatoms. The minimum absolute atomic E-state index is 0.0197. The molecule has 0 saturated carbocycles. The number of carbonyl (C=O) groups excluding carboxylic acids is 1. The van der Waals surface area contributed by atoms with Crippen molar-refractivity contribution < 1.29 is 4.79 Å². The summed E-state index contributed by atoms with van der Waals surface area (Å²) in [5.74, 6) is 0.913. The molecule has 32 heavy (non-hydrogen) atoms. The van der Waals surface area contributed by atoms with Gasteiger partial charge in [-0.1, -0.05) is 53.2 Å². The summed E-state index contributed by atoms with van der Waals surface area (Å²) in [5, 5.41) is 8.21. The van der Waals surface area contributed by atoms with Gasteiger partial charge in [0.1, 0.15) is 0 Å². The molecule has 0 fully saturated rings. The van der Waals surface area contributed by atoms with Crippen LogP contribution in [0.3, 0.4) is 0 Å². The highest BCUT2D eigenvalue weighted by molar-refractivity contribution is 7.99. The van der Waals surface area contributed by atoms with E-state index < -0.39 is 0 Å². The smallest absolute Gasteiger partial charge is 0.253 e. The number of rotatable bonds is 8. The van der Waals surface area contributed by atoms with Crippen LogP contribution < -0.4 is 5.32 Å². The zero-order valence-electron chi connectivity index (χ0n) is 19.1. The maximum atomic E-state index is 12.2. The van der Waals surface area contributed by atoms with Crippen LogP contribution in [0, 0.1) is 20.8 Å². The average Bonchev–Trinajstić information content (AvgIpc) is 3.19. The van der Waals surface area contributed by atoms with Gasteiger partial charge in [-0.3, -0.25) is 4.79 Å². The third kappa shape index (κ3) is 5.57. The Hall–Kier alpha value is -2.67. The molecule has 0 atom stereocenters. The summed E-state index contributed by atoms with van der Waals surface area (Å²) in [5.41, 5.74) is 7.16. The SMILES string of the molecule is Cc1cccc(Cc2c(C)nc3nc(SCC(=O)NCCC4=CCCCC4)nn3c2C)c1. The molecule has 1 aliphatic rings. The Labute approximate surface area is 193 Å². The quantitative estimate of drug-likeness (QED) is 0.397. The first kappa shape index (κ1) is 22.5. The summed E-state index contributed by atoms with van der Waals surface area (Å²) < 4.78 is 1.80. The fourth-order valence-corrected chi connectivity index (χ4v) is 4.86. The summed E-state index contributed by atoms with van der Waals surface area (Å²) in [6.45, 7) is 6.89. The maximum Gasteiger partial charge on any atom is 0.253 e. The number of nitrogens with zero attached hydrogens (tertiary/aromatic N) is 4. The molecule has 1 aliphatic carbocycles. The minimum Gasteiger partial charge on any atom is -0.355 e. The van der Waals surface area contributed by atoms with Crippen LogP contribution in [0.4, 0.5) is 0 Å². The van der Waals surface area contributed by atoms with E-state index in [1.165, 1.54) is 59.7 Å². The van der Waals surface area contributed by atoms with Gasteiger partial charge >= 0.3 is 0 Å². The van der Waals surface area contributed by atoms with Gasteiger partial charge in [0.25, 0.3) is 5.78 Å². The van der Waals surface area contributed by atoms with E-state index in [1.807, 2.05) is 6.92 Å². The molecule has 1 aromatic carbocycles. The normalized spacial score (nSPS) is 13.9. The largest absolute Gasteiger partial charge is 0.355 e. The first-order valence-corrected chi connectivity index (χ1v) is 12.3. The van der Waals surface area contributed by atoms with Crippen molar-refractivity contribution in [3.8, 4) is 0 Å². The zero-order valence-corrected chi connectivity index (χ0v) is 20.0. The summed E-state index contributed by atoms with van der Waals surface area (Å²) in [6, 6.07) is 8.54. The fourth-order valence-electron chi connectivity index (χ4n) is 4.21. The highest BCUT2D eigenvalue weighted by Gasteiger charge is 2.15. The fraction of sp³-hybridized carbons (Fsp3) is 0.440. The number of fused-ring (bicyclic) bond motifs is 1. The van der Waals surface area contributed by atoms with E-state index in [1.54, 1.807) is 4.52 Å². The lowest BCUT2D eigenvalue weighted by atomic mass is 9.97. The lowest BCUT2D eigenvalue weighted by molar-refractivity contribution is -0.118. The molecule has 1 amide bonds. The molecule has 168 valence electrons. The van der Waals surface area contributed by atoms with Crippen molar-refractivity contribution in [1.82, 2.24) is 24.9 Å². The van der Waals surface area contributed by atoms with Crippen LogP contribution in [0.2, 0.25) is 0 Å². The van der Waals surface area contributed by atoms with E-state index in [4.69, 9.17) is 0 Å². The number of carbonyl (C=O) groups is 1. The number of aryl methyl sites for hydroxylation is 3. The number of allylic oxidation sites excluding steroid dienone is 1. The lowest BCUT2D eigenvalue weighted by Crippen LogP contribution is -2.26. The highest BCUT2D eigenvalue weighted by Crippen LogP contribution is 2.21. The van der Waals surface area contributed by atoms with Crippen LogP contribution in [0.5, 0.6) is 0 Å². The van der Waals surface area contributed by atoms with Gasteiger partial charge in [0, 0.05) is 24.4 Å². The van der Waals surface area contributed by atoms with Crippen molar-refractivity contribution >= 4 is 23.4 Å². The molecule has 0 aliphatic heterocycles. The third-order valence-corrected chi connectivity index (χ3v) is 6.82. The molecule has 2 heterocycles. The molecule has 0 spiro atoms. The Morgan fingerprint density at radius 1 is 1.19 bits per heavy atom. The Morgan fingerprint density at radius 3 is 2.84 bits per heavy atom. The molecule has 0 radical (unpaired) electrons. The maximum absolute atomic E-state index is 12.2. The first-order valence-electron chi connectivity index (χ1n) is 11.4. The van der Waals surface area contributed by atoms with Crippen molar-refractivity contribution in [3.63, 3.8) is 0 Å². The Morgan fingerprint density at radius 2 is 2.06 bits per heavy atom. The number of thioether (sulfide) groups is 1. The molecule has 0 bridgehead atoms. The van der Waals surface area contributed by atoms with Gasteiger partial charge in [-0.15, -0.1) is 5.10 Å². The topological polar surface area (TPSA) is 72.2 Å². The minimum atomic E-state index is 0.0197. The van der Waals surface area contributed by atoms with Gasteiger partial charge in [-0.05, 0) is 64.0 Å². The number of amides is 1. The van der Waals surface area contributed by atoms with E-state index in [-0.39, 0.29) is 5.91 Å². The molecular formula is C25H31N5OS. The molecule has 4 rings (SSSR count). The number of benzene rings is 1. The number of hydrogen-bond donors (Lipinski definition) is 1. The van der Waals surface area contributed by atoms with Gasteiger partial charge in [-0.2, -0.15) is 4.98 Å². The van der Waals surface area contributed by atoms with E-state index in [0.717, 1.165) is 24.2 Å². The molecule has 6 nitrogen and oxygen atoms in total. The van der Waals surface area contributed by atoms with Gasteiger partial charge < -0.3 is 5.32 Å². The highest BCUT2D eigenvalue weighted by atomic mass is 32.2. The van der Waals surface area contributed by atoms with Crippen LogP contribution in [0.1, 0.15) is 60.2 Å². The Bertz CT molecular complexity index is 1150. The van der Waals surface area contributed by atoms with Gasteiger partial charge in [0.2, 0.25) is 11.1 Å². The van der Waals surface area contributed by atoms with E-state index in [0.29, 0.717) is 23.2 Å². The van der Waals surface area contributed by atoms with Gasteiger partial charge in [-0.25, -0.2) is 9.50 Å². The number of hydrogen-bond acceptors (Lipinski definition) is 5. The second kappa shape index (κ2) is 10.3. The van der Waals surface area contributed by atoms with E-state index in [9.17, 15) is 4.79 Å². The van der Waals surface area contributed by atoms with E-state index in [2.05, 4.69) is 64.6 Å². The molecule has 0 saturated heterocycles. The summed E-state index contributed by atoms with van der Waals surface area (Å²) >= 11 is 1.36. The van der Waals surface area contributed by atoms with Crippen molar-refractivity contribution in [3.05, 3.63) is 64.0 Å². The van der Waals surface area contributed by atoms with Gasteiger partial charge in [0.15, 0.2) is 0 Å². The zero-order chi connectivity index (χ0) is 22.5. The molecule has 3 aromatic rings. The standard InChI is InChI=1S/C25H31N5OS/c1-17-8-7-11-21(14-17)15-22-18(2)27-24-28-25(29-30(24)19(22)3)32-16-23(31)26-13-12-20-9-5-4-6-10-20/h7-9,11,14H,4-6,10,12-13,15-16H2,1-3H3,(H,26,31). The summed E-state index contributed by atoms with van der Waals surface area (Å²) in [7, 11) is 0. The molecule has 2 aromatic heterocycles. The predicted octanol–water partition coefficient (Wildman–Crippen LogP) is 4.74. The van der Waals surface area contributed by atoms with E-state index >= 15 is 0 Å². The Balaban J connectivity index is 1.38. The second-order valence-electron chi connectivity index (χ2n) is 8.53. The van der Waals surface area contributed by atoms with Crippen LogP contribution in [-0.4, -0.2) is 37.8 Å². The number of aromatic nitrogens is 4. The van der Waals surface area contributed by atoms with Crippen LogP contribution in [0.15, 0.2) is 41.1 Å². The summed E-state index contributed by atoms with van der Waals surface area (Å²) in [4.78, 5) is 21.5. The van der Waals surface area contributed by atoms with Gasteiger partial charge in [0.05, 0.1) is 5.75 Å². The third-order valence-electron chi connectivity index (χ3n) is 5.98. The summed E-state index contributed by atoms with van der Waals surface area (Å²) in [6.07, 6.45) is 9.01.